The lowest BCUT2D eigenvalue weighted by molar-refractivity contribution is -0.377. The summed E-state index contributed by atoms with van der Waals surface area (Å²) in [6.07, 6.45) is -18.2. The first-order valence-electron chi connectivity index (χ1n) is 27.3. The molecule has 0 bridgehead atoms. The summed E-state index contributed by atoms with van der Waals surface area (Å²) in [7, 11) is 0. The Kier molecular flexibility index (Phi) is 31.5. The topological polar surface area (TPSA) is 376 Å². The van der Waals surface area contributed by atoms with Crippen LogP contribution in [0.15, 0.2) is 0 Å². The number of aliphatic hydroxyl groups excluding tert-OH is 14. The van der Waals surface area contributed by atoms with Crippen LogP contribution in [0.1, 0.15) is 129 Å². The predicted octanol–water partition coefficient (Wildman–Crippen LogP) is -1.90. The highest BCUT2D eigenvalue weighted by molar-refractivity contribution is 4.97. The highest BCUT2D eigenvalue weighted by Gasteiger charge is 2.54. The number of rotatable bonds is 37. The first-order chi connectivity index (χ1) is 35.7. The molecule has 0 saturated carbocycles. The summed E-state index contributed by atoms with van der Waals surface area (Å²) in [6, 6.07) is 0. The Labute approximate surface area is 435 Å². The van der Waals surface area contributed by atoms with E-state index in [4.69, 9.17) is 47.4 Å². The van der Waals surface area contributed by atoms with Gasteiger partial charge in [-0.2, -0.15) is 0 Å². The van der Waals surface area contributed by atoms with E-state index in [0.29, 0.717) is 12.8 Å². The van der Waals surface area contributed by atoms with Gasteiger partial charge in [0, 0.05) is 13.2 Å². The molecule has 22 atom stereocenters. The van der Waals surface area contributed by atoms with Gasteiger partial charge in [0.05, 0.1) is 39.6 Å². The van der Waals surface area contributed by atoms with Gasteiger partial charge in [0.15, 0.2) is 25.2 Å². The van der Waals surface area contributed by atoms with Crippen LogP contribution in [0, 0.1) is 0 Å². The maximum absolute atomic E-state index is 11.6. The number of unbranched alkanes of at least 4 members (excludes halogenated alkanes) is 16. The molecule has 4 heterocycles. The van der Waals surface area contributed by atoms with E-state index in [1.54, 1.807) is 0 Å². The molecule has 0 amide bonds. The number of hydrogen-bond acceptors (Lipinski definition) is 24. The molecule has 24 nitrogen and oxygen atoms in total. The van der Waals surface area contributed by atoms with E-state index in [1.165, 1.54) is 38.5 Å². The molecular weight excluding hydrogens is 985 g/mol. The predicted molar refractivity (Wildman–Crippen MR) is 259 cm³/mol. The van der Waals surface area contributed by atoms with Crippen molar-refractivity contribution in [3.8, 4) is 0 Å². The molecule has 4 aliphatic rings. The Morgan fingerprint density at radius 2 is 0.608 bits per heavy atom. The molecule has 8 unspecified atom stereocenters. The summed E-state index contributed by atoms with van der Waals surface area (Å²) in [5, 5.41) is 149. The molecule has 24 heteroatoms. The van der Waals surface area contributed by atoms with Crippen molar-refractivity contribution >= 4 is 0 Å². The second kappa shape index (κ2) is 35.6. The number of aliphatic hydroxyl groups is 14. The SMILES string of the molecule is CCCCCCCCCCCOC[C@@H](O[C@@H]1OC(CO)[C@@H](O[C@H]2OC(CO)[C@@H](O)[C@H](O)C2O)[C@H](O)C1O)[C@@H](COCCCCCCCCCCC)O[C@@H]1OC(CO)[C@@H](O[C@H]2OC(CO)[C@@H](O)[C@H](O)C2O)[C@H](O)C1O. The lowest BCUT2D eigenvalue weighted by Crippen LogP contribution is -2.66. The molecule has 0 aromatic rings. The third-order valence-corrected chi connectivity index (χ3v) is 14.3. The van der Waals surface area contributed by atoms with Gasteiger partial charge in [-0.15, -0.1) is 0 Å². The second-order valence-electron chi connectivity index (χ2n) is 20.2. The minimum absolute atomic E-state index is 0.261. The second-order valence-corrected chi connectivity index (χ2v) is 20.2. The average molecular weight is 1080 g/mol. The van der Waals surface area contributed by atoms with Gasteiger partial charge in [-0.05, 0) is 12.8 Å². The minimum Gasteiger partial charge on any atom is -0.394 e. The average Bonchev–Trinajstić information content (AvgIpc) is 3.40. The Balaban J connectivity index is 1.55. The molecule has 0 aromatic heterocycles. The van der Waals surface area contributed by atoms with Gasteiger partial charge in [0.2, 0.25) is 0 Å². The van der Waals surface area contributed by atoms with Gasteiger partial charge in [0.1, 0.15) is 110 Å². The summed E-state index contributed by atoms with van der Waals surface area (Å²) >= 11 is 0. The van der Waals surface area contributed by atoms with Crippen LogP contribution in [0.4, 0.5) is 0 Å². The van der Waals surface area contributed by atoms with Crippen molar-refractivity contribution in [3.05, 3.63) is 0 Å². The smallest absolute Gasteiger partial charge is 0.187 e. The maximum atomic E-state index is 11.6. The van der Waals surface area contributed by atoms with Crippen LogP contribution in [0.2, 0.25) is 0 Å². The third-order valence-electron chi connectivity index (χ3n) is 14.3. The summed E-state index contributed by atoms with van der Waals surface area (Å²) in [5.74, 6) is 0. The molecule has 0 spiro atoms. The minimum atomic E-state index is -1.95. The Morgan fingerprint density at radius 3 is 0.919 bits per heavy atom. The third kappa shape index (κ3) is 19.7. The van der Waals surface area contributed by atoms with Gasteiger partial charge >= 0.3 is 0 Å². The number of ether oxygens (including phenoxy) is 10. The zero-order chi connectivity index (χ0) is 54.2. The molecule has 14 N–H and O–H groups in total. The van der Waals surface area contributed by atoms with Crippen molar-refractivity contribution < 1.29 is 119 Å². The van der Waals surface area contributed by atoms with Crippen LogP contribution < -0.4 is 0 Å². The summed E-state index contributed by atoms with van der Waals surface area (Å²) in [4.78, 5) is 0. The highest BCUT2D eigenvalue weighted by atomic mass is 16.8. The normalized spacial score (nSPS) is 37.8. The van der Waals surface area contributed by atoms with Crippen molar-refractivity contribution in [1.29, 1.82) is 0 Å². The van der Waals surface area contributed by atoms with E-state index in [9.17, 15) is 71.5 Å². The van der Waals surface area contributed by atoms with Crippen molar-refractivity contribution in [2.24, 2.45) is 0 Å². The monoisotopic (exact) mass is 1080 g/mol. The summed E-state index contributed by atoms with van der Waals surface area (Å²) in [5.41, 5.74) is 0. The molecule has 0 aliphatic carbocycles. The van der Waals surface area contributed by atoms with Gasteiger partial charge in [-0.3, -0.25) is 0 Å². The van der Waals surface area contributed by atoms with E-state index >= 15 is 0 Å². The largest absolute Gasteiger partial charge is 0.394 e. The van der Waals surface area contributed by atoms with Crippen molar-refractivity contribution in [2.75, 3.05) is 52.9 Å². The first kappa shape index (κ1) is 65.6. The molecule has 0 aromatic carbocycles. The maximum Gasteiger partial charge on any atom is 0.187 e. The van der Waals surface area contributed by atoms with Crippen LogP contribution in [0.25, 0.3) is 0 Å². The fourth-order valence-corrected chi connectivity index (χ4v) is 9.58. The van der Waals surface area contributed by atoms with Gasteiger partial charge < -0.3 is 119 Å². The quantitative estimate of drug-likeness (QED) is 0.0302. The molecule has 74 heavy (non-hydrogen) atoms. The lowest BCUT2D eigenvalue weighted by Gasteiger charge is -2.47. The van der Waals surface area contributed by atoms with Crippen LogP contribution in [-0.4, -0.2) is 259 Å². The Morgan fingerprint density at radius 1 is 0.324 bits per heavy atom. The Hall–Kier alpha value is -0.960. The van der Waals surface area contributed by atoms with Crippen LogP contribution in [0.5, 0.6) is 0 Å². The Bertz CT molecular complexity index is 1320. The van der Waals surface area contributed by atoms with Crippen molar-refractivity contribution in [2.45, 2.75) is 264 Å². The molecule has 4 saturated heterocycles. The zero-order valence-corrected chi connectivity index (χ0v) is 43.4. The summed E-state index contributed by atoms with van der Waals surface area (Å²) < 4.78 is 59.4. The molecule has 4 rings (SSSR count). The van der Waals surface area contributed by atoms with E-state index in [-0.39, 0.29) is 26.4 Å². The van der Waals surface area contributed by atoms with Crippen LogP contribution in [-0.2, 0) is 47.4 Å². The standard InChI is InChI=1S/C50H94O24/c1-3-5-7-9-11-13-15-17-19-21-65-27-33(71-47-43(63)39(59)45(31(25-53)69-47)73-49-41(61)37(57)35(55)29(23-51)67-49)34(28-66-22-20-18-16-14-12-10-8-6-4-2)72-48-44(64)40(60)46(32(26-54)70-48)74-50-42(62)38(58)36(56)30(24-52)68-50/h29-64H,3-28H2,1-2H3/t29?,30?,31?,32?,33-,34-,35-,36-,37+,38+,39-,40-,41?,42?,43?,44?,45-,46-,47+,48+,49-,50-/m1/s1. The van der Waals surface area contributed by atoms with Crippen LogP contribution >= 0.6 is 0 Å². The van der Waals surface area contributed by atoms with E-state index < -0.39 is 161 Å². The molecule has 4 fully saturated rings. The molecular formula is C50H94O24. The molecule has 438 valence electrons. The van der Waals surface area contributed by atoms with Gasteiger partial charge in [-0.25, -0.2) is 0 Å². The van der Waals surface area contributed by atoms with E-state index in [1.807, 2.05) is 0 Å². The lowest BCUT2D eigenvalue weighted by atomic mass is 9.96. The van der Waals surface area contributed by atoms with Gasteiger partial charge in [-0.1, -0.05) is 117 Å². The molecule has 0 radical (unpaired) electrons. The molecule has 4 aliphatic heterocycles. The van der Waals surface area contributed by atoms with Crippen molar-refractivity contribution in [3.63, 3.8) is 0 Å². The zero-order valence-electron chi connectivity index (χ0n) is 43.4. The highest BCUT2D eigenvalue weighted by Crippen LogP contribution is 2.33. The van der Waals surface area contributed by atoms with E-state index in [0.717, 1.165) is 64.2 Å². The van der Waals surface area contributed by atoms with E-state index in [2.05, 4.69) is 13.8 Å². The van der Waals surface area contributed by atoms with Crippen molar-refractivity contribution in [1.82, 2.24) is 0 Å². The first-order valence-corrected chi connectivity index (χ1v) is 27.3. The number of hydrogen-bond donors (Lipinski definition) is 14. The fraction of sp³-hybridized carbons (Fsp3) is 1.00. The van der Waals surface area contributed by atoms with Gasteiger partial charge in [0.25, 0.3) is 0 Å². The van der Waals surface area contributed by atoms with Crippen LogP contribution in [0.3, 0.4) is 0 Å². The fourth-order valence-electron chi connectivity index (χ4n) is 9.58. The summed E-state index contributed by atoms with van der Waals surface area (Å²) in [6.45, 7) is 1.10.